The number of hydrogen-bond acceptors (Lipinski definition) is 7. The topological polar surface area (TPSA) is 116 Å². The summed E-state index contributed by atoms with van der Waals surface area (Å²) in [4.78, 5) is 23.6. The number of sulfonamides is 1. The number of aryl methyl sites for hydroxylation is 1. The predicted octanol–water partition coefficient (Wildman–Crippen LogP) is 4.10. The van der Waals surface area contributed by atoms with E-state index >= 15 is 0 Å². The molecule has 172 valence electrons. The number of ether oxygens (including phenoxy) is 2. The molecule has 0 atom stereocenters. The van der Waals surface area contributed by atoms with Crippen LogP contribution >= 0.6 is 0 Å². The second-order valence-electron chi connectivity index (χ2n) is 6.92. The zero-order chi connectivity index (χ0) is 24.0. The van der Waals surface area contributed by atoms with E-state index in [2.05, 4.69) is 0 Å². The number of nitro benzene ring substituents is 1. The molecule has 9 nitrogen and oxygen atoms in total. The fourth-order valence-corrected chi connectivity index (χ4v) is 4.42. The van der Waals surface area contributed by atoms with Crippen LogP contribution in [-0.2, 0) is 14.8 Å². The molecule has 0 heterocycles. The highest BCUT2D eigenvalue weighted by Gasteiger charge is 2.32. The van der Waals surface area contributed by atoms with Crippen molar-refractivity contribution in [2.45, 2.75) is 18.7 Å². The lowest BCUT2D eigenvalue weighted by Crippen LogP contribution is -2.40. The Hall–Kier alpha value is -3.92. The standard InChI is InChI=1S/C23H22N2O7S/c1-3-31-19-12-10-18(11-13-19)24(33(29,30)20-14-8-17(2)9-15-20)23(26)16-32-22-7-5-4-6-21(22)25(27)28/h4-15H,3,16H2,1-2H3. The first-order valence-corrected chi connectivity index (χ1v) is 11.4. The van der Waals surface area contributed by atoms with Crippen molar-refractivity contribution in [1.82, 2.24) is 0 Å². The Labute approximate surface area is 191 Å². The Bertz CT molecular complexity index is 1240. The van der Waals surface area contributed by atoms with Gasteiger partial charge in [0, 0.05) is 6.07 Å². The van der Waals surface area contributed by atoms with E-state index in [1.165, 1.54) is 48.5 Å². The number of anilines is 1. The van der Waals surface area contributed by atoms with Gasteiger partial charge in [-0.1, -0.05) is 29.8 Å². The highest BCUT2D eigenvalue weighted by molar-refractivity contribution is 7.93. The Morgan fingerprint density at radius 2 is 1.61 bits per heavy atom. The second kappa shape index (κ2) is 10.1. The quantitative estimate of drug-likeness (QED) is 0.341. The maximum atomic E-state index is 13.4. The number of para-hydroxylation sites is 2. The molecule has 3 aromatic rings. The molecule has 0 fully saturated rings. The summed E-state index contributed by atoms with van der Waals surface area (Å²) in [5.41, 5.74) is 0.599. The first-order chi connectivity index (χ1) is 15.7. The van der Waals surface area contributed by atoms with Crippen LogP contribution in [-0.4, -0.2) is 32.5 Å². The first kappa shape index (κ1) is 23.7. The van der Waals surface area contributed by atoms with Crippen LogP contribution in [0.25, 0.3) is 0 Å². The zero-order valence-corrected chi connectivity index (χ0v) is 18.8. The summed E-state index contributed by atoms with van der Waals surface area (Å²) >= 11 is 0. The molecule has 0 aliphatic carbocycles. The monoisotopic (exact) mass is 470 g/mol. The summed E-state index contributed by atoms with van der Waals surface area (Å²) in [5, 5.41) is 11.2. The van der Waals surface area contributed by atoms with E-state index in [4.69, 9.17) is 9.47 Å². The molecule has 10 heteroatoms. The summed E-state index contributed by atoms with van der Waals surface area (Å²) < 4.78 is 38.1. The molecule has 0 aliphatic heterocycles. The maximum absolute atomic E-state index is 13.4. The Kier molecular flexibility index (Phi) is 7.29. The Morgan fingerprint density at radius 1 is 0.970 bits per heavy atom. The van der Waals surface area contributed by atoms with Gasteiger partial charge in [-0.2, -0.15) is 4.31 Å². The van der Waals surface area contributed by atoms with Gasteiger partial charge < -0.3 is 9.47 Å². The van der Waals surface area contributed by atoms with Crippen LogP contribution in [0.1, 0.15) is 12.5 Å². The summed E-state index contributed by atoms with van der Waals surface area (Å²) in [5.74, 6) is -0.550. The lowest BCUT2D eigenvalue weighted by atomic mass is 10.2. The van der Waals surface area contributed by atoms with Crippen LogP contribution in [0.2, 0.25) is 0 Å². The van der Waals surface area contributed by atoms with Crippen LogP contribution in [0.4, 0.5) is 11.4 Å². The molecule has 0 aromatic heterocycles. The summed E-state index contributed by atoms with van der Waals surface area (Å²) in [6.07, 6.45) is 0. The van der Waals surface area contributed by atoms with Crippen molar-refractivity contribution >= 4 is 27.3 Å². The van der Waals surface area contributed by atoms with Crippen molar-refractivity contribution in [3.05, 3.63) is 88.5 Å². The van der Waals surface area contributed by atoms with Crippen molar-refractivity contribution in [3.63, 3.8) is 0 Å². The van der Waals surface area contributed by atoms with Crippen molar-refractivity contribution in [3.8, 4) is 11.5 Å². The SMILES string of the molecule is CCOc1ccc(N(C(=O)COc2ccccc2[N+](=O)[O-])S(=O)(=O)c2ccc(C)cc2)cc1. The van der Waals surface area contributed by atoms with Gasteiger partial charge >= 0.3 is 5.69 Å². The zero-order valence-electron chi connectivity index (χ0n) is 18.0. The molecule has 0 saturated heterocycles. The maximum Gasteiger partial charge on any atom is 0.310 e. The number of carbonyl (C=O) groups excluding carboxylic acids is 1. The third-order valence-corrected chi connectivity index (χ3v) is 6.34. The molecule has 0 N–H and O–H groups in total. The Morgan fingerprint density at radius 3 is 2.21 bits per heavy atom. The number of amides is 1. The smallest absolute Gasteiger partial charge is 0.310 e. The van der Waals surface area contributed by atoms with Crippen molar-refractivity contribution in [2.24, 2.45) is 0 Å². The number of rotatable bonds is 9. The average Bonchev–Trinajstić information content (AvgIpc) is 2.79. The van der Waals surface area contributed by atoms with Gasteiger partial charge in [0.2, 0.25) is 0 Å². The molecular weight excluding hydrogens is 448 g/mol. The van der Waals surface area contributed by atoms with Gasteiger partial charge in [0.25, 0.3) is 15.9 Å². The highest BCUT2D eigenvalue weighted by atomic mass is 32.2. The molecule has 0 saturated carbocycles. The molecule has 0 unspecified atom stereocenters. The lowest BCUT2D eigenvalue weighted by molar-refractivity contribution is -0.385. The number of carbonyl (C=O) groups is 1. The number of benzene rings is 3. The summed E-state index contributed by atoms with van der Waals surface area (Å²) in [7, 11) is -4.30. The van der Waals surface area contributed by atoms with Gasteiger partial charge in [-0.25, -0.2) is 8.42 Å². The van der Waals surface area contributed by atoms with Crippen molar-refractivity contribution in [1.29, 1.82) is 0 Å². The minimum absolute atomic E-state index is 0.0789. The van der Waals surface area contributed by atoms with Crippen LogP contribution in [0.3, 0.4) is 0 Å². The average molecular weight is 471 g/mol. The number of nitro groups is 1. The van der Waals surface area contributed by atoms with Gasteiger partial charge in [0.05, 0.1) is 22.1 Å². The van der Waals surface area contributed by atoms with Gasteiger partial charge in [-0.3, -0.25) is 14.9 Å². The fourth-order valence-electron chi connectivity index (χ4n) is 3.01. The van der Waals surface area contributed by atoms with Crippen LogP contribution in [0.5, 0.6) is 11.5 Å². The molecule has 0 radical (unpaired) electrons. The molecule has 0 aliphatic rings. The number of hydrogen-bond donors (Lipinski definition) is 0. The molecular formula is C23H22N2O7S. The third kappa shape index (κ3) is 5.47. The van der Waals surface area contributed by atoms with E-state index in [1.807, 2.05) is 13.8 Å². The molecule has 1 amide bonds. The van der Waals surface area contributed by atoms with Gasteiger partial charge in [0.1, 0.15) is 5.75 Å². The van der Waals surface area contributed by atoms with Gasteiger partial charge in [0.15, 0.2) is 12.4 Å². The van der Waals surface area contributed by atoms with Crippen LogP contribution < -0.4 is 13.8 Å². The minimum atomic E-state index is -4.30. The van der Waals surface area contributed by atoms with Crippen LogP contribution in [0, 0.1) is 17.0 Å². The fraction of sp³-hybridized carbons (Fsp3) is 0.174. The third-order valence-electron chi connectivity index (χ3n) is 4.58. The van der Waals surface area contributed by atoms with E-state index in [0.29, 0.717) is 16.7 Å². The van der Waals surface area contributed by atoms with E-state index < -0.39 is 27.5 Å². The van der Waals surface area contributed by atoms with E-state index in [-0.39, 0.29) is 22.0 Å². The second-order valence-corrected chi connectivity index (χ2v) is 8.70. The van der Waals surface area contributed by atoms with E-state index in [9.17, 15) is 23.3 Å². The summed E-state index contributed by atoms with van der Waals surface area (Å²) in [6.45, 7) is 3.31. The van der Waals surface area contributed by atoms with Gasteiger partial charge in [-0.05, 0) is 56.3 Å². The normalized spacial score (nSPS) is 11.0. The summed E-state index contributed by atoms with van der Waals surface area (Å²) in [6, 6.07) is 17.6. The number of nitrogens with zero attached hydrogens (tertiary/aromatic N) is 2. The lowest BCUT2D eigenvalue weighted by Gasteiger charge is -2.23. The van der Waals surface area contributed by atoms with Crippen molar-refractivity contribution in [2.75, 3.05) is 17.5 Å². The van der Waals surface area contributed by atoms with E-state index in [1.54, 1.807) is 24.3 Å². The Balaban J connectivity index is 1.97. The van der Waals surface area contributed by atoms with Crippen molar-refractivity contribution < 1.29 is 27.6 Å². The highest BCUT2D eigenvalue weighted by Crippen LogP contribution is 2.29. The molecule has 33 heavy (non-hydrogen) atoms. The molecule has 3 rings (SSSR count). The largest absolute Gasteiger partial charge is 0.494 e. The molecule has 3 aromatic carbocycles. The first-order valence-electron chi connectivity index (χ1n) is 9.98. The van der Waals surface area contributed by atoms with Crippen LogP contribution in [0.15, 0.2) is 77.7 Å². The molecule has 0 bridgehead atoms. The molecule has 0 spiro atoms. The van der Waals surface area contributed by atoms with Gasteiger partial charge in [-0.15, -0.1) is 0 Å². The van der Waals surface area contributed by atoms with E-state index in [0.717, 1.165) is 5.56 Å². The predicted molar refractivity (Wildman–Crippen MR) is 122 cm³/mol. The minimum Gasteiger partial charge on any atom is -0.494 e.